The summed E-state index contributed by atoms with van der Waals surface area (Å²) in [6.07, 6.45) is 3.21. The van der Waals surface area contributed by atoms with E-state index in [1.807, 2.05) is 18.2 Å². The van der Waals surface area contributed by atoms with Gasteiger partial charge in [0.05, 0.1) is 12.1 Å². The van der Waals surface area contributed by atoms with Crippen LogP contribution >= 0.6 is 11.6 Å². The molecule has 0 fully saturated rings. The molecule has 0 atom stereocenters. The molecule has 0 radical (unpaired) electrons. The lowest BCUT2D eigenvalue weighted by Crippen LogP contribution is -2.16. The molecular weight excluding hydrogens is 234 g/mol. The van der Waals surface area contributed by atoms with Gasteiger partial charge in [-0.3, -0.25) is 0 Å². The summed E-state index contributed by atoms with van der Waals surface area (Å²) in [6.45, 7) is 6.15. The second-order valence-electron chi connectivity index (χ2n) is 4.02. The van der Waals surface area contributed by atoms with Gasteiger partial charge < -0.3 is 10.1 Å². The van der Waals surface area contributed by atoms with Crippen molar-refractivity contribution in [2.75, 3.05) is 20.2 Å². The summed E-state index contributed by atoms with van der Waals surface area (Å²) in [5.41, 5.74) is 2.19. The molecule has 0 heterocycles. The molecule has 1 aromatic carbocycles. The lowest BCUT2D eigenvalue weighted by Gasteiger charge is -2.08. The molecule has 0 aliphatic rings. The third-order valence-corrected chi connectivity index (χ3v) is 2.78. The molecule has 0 saturated carbocycles. The Balaban J connectivity index is 2.81. The standard InChI is InChI=1S/C14H20ClNO/c1-4-8-16-10-11(2)9-12-13(15)6-5-7-14(12)17-3/h5-7,9,16H,4,8,10H2,1-3H3/b11-9+. The van der Waals surface area contributed by atoms with Gasteiger partial charge >= 0.3 is 0 Å². The number of hydrogen-bond acceptors (Lipinski definition) is 2. The first kappa shape index (κ1) is 14.1. The number of halogens is 1. The Morgan fingerprint density at radius 1 is 1.47 bits per heavy atom. The summed E-state index contributed by atoms with van der Waals surface area (Å²) in [6, 6.07) is 5.69. The van der Waals surface area contributed by atoms with E-state index in [4.69, 9.17) is 16.3 Å². The highest BCUT2D eigenvalue weighted by Gasteiger charge is 2.04. The van der Waals surface area contributed by atoms with E-state index in [2.05, 4.69) is 25.2 Å². The summed E-state index contributed by atoms with van der Waals surface area (Å²) in [5, 5.41) is 4.08. The van der Waals surface area contributed by atoms with Crippen molar-refractivity contribution in [2.24, 2.45) is 0 Å². The molecule has 0 aliphatic heterocycles. The third-order valence-electron chi connectivity index (χ3n) is 2.45. The van der Waals surface area contributed by atoms with Gasteiger partial charge in [0.1, 0.15) is 5.75 Å². The topological polar surface area (TPSA) is 21.3 Å². The normalized spacial score (nSPS) is 11.6. The van der Waals surface area contributed by atoms with Crippen molar-refractivity contribution in [3.63, 3.8) is 0 Å². The highest BCUT2D eigenvalue weighted by atomic mass is 35.5. The fourth-order valence-corrected chi connectivity index (χ4v) is 1.82. The lowest BCUT2D eigenvalue weighted by molar-refractivity contribution is 0.414. The SMILES string of the molecule is CCCNC/C(C)=C/c1c(Cl)cccc1OC. The zero-order valence-electron chi connectivity index (χ0n) is 10.7. The van der Waals surface area contributed by atoms with Gasteiger partial charge in [0.25, 0.3) is 0 Å². The zero-order chi connectivity index (χ0) is 12.7. The smallest absolute Gasteiger partial charge is 0.127 e. The summed E-state index contributed by atoms with van der Waals surface area (Å²) < 4.78 is 5.30. The van der Waals surface area contributed by atoms with Crippen molar-refractivity contribution in [1.29, 1.82) is 0 Å². The summed E-state index contributed by atoms with van der Waals surface area (Å²) >= 11 is 6.17. The molecule has 17 heavy (non-hydrogen) atoms. The maximum absolute atomic E-state index is 6.17. The second kappa shape index (κ2) is 7.36. The molecule has 0 bridgehead atoms. The van der Waals surface area contributed by atoms with Crippen LogP contribution in [0.3, 0.4) is 0 Å². The Labute approximate surface area is 109 Å². The van der Waals surface area contributed by atoms with E-state index in [1.165, 1.54) is 5.57 Å². The predicted octanol–water partition coefficient (Wildman–Crippen LogP) is 3.75. The van der Waals surface area contributed by atoms with Gasteiger partial charge in [-0.1, -0.05) is 30.2 Å². The van der Waals surface area contributed by atoms with Crippen molar-refractivity contribution in [3.05, 3.63) is 34.4 Å². The molecule has 1 aromatic rings. The minimum Gasteiger partial charge on any atom is -0.496 e. The van der Waals surface area contributed by atoms with Gasteiger partial charge in [0.2, 0.25) is 0 Å². The first-order chi connectivity index (χ1) is 8.19. The van der Waals surface area contributed by atoms with Crippen LogP contribution in [0.25, 0.3) is 6.08 Å². The largest absolute Gasteiger partial charge is 0.496 e. The Bertz CT molecular complexity index is 388. The lowest BCUT2D eigenvalue weighted by atomic mass is 10.1. The molecule has 0 unspecified atom stereocenters. The van der Waals surface area contributed by atoms with Gasteiger partial charge in [-0.2, -0.15) is 0 Å². The molecule has 0 saturated heterocycles. The van der Waals surface area contributed by atoms with Gasteiger partial charge in [-0.05, 0) is 38.1 Å². The number of methoxy groups -OCH3 is 1. The quantitative estimate of drug-likeness (QED) is 0.780. The monoisotopic (exact) mass is 253 g/mol. The minimum atomic E-state index is 0.721. The summed E-state index contributed by atoms with van der Waals surface area (Å²) in [5.74, 6) is 0.812. The number of benzene rings is 1. The summed E-state index contributed by atoms with van der Waals surface area (Å²) in [7, 11) is 1.66. The molecule has 1 N–H and O–H groups in total. The fraction of sp³-hybridized carbons (Fsp3) is 0.429. The van der Waals surface area contributed by atoms with E-state index in [0.717, 1.165) is 35.8 Å². The zero-order valence-corrected chi connectivity index (χ0v) is 11.5. The van der Waals surface area contributed by atoms with Crippen LogP contribution in [0.5, 0.6) is 5.75 Å². The van der Waals surface area contributed by atoms with Crippen LogP contribution in [0, 0.1) is 0 Å². The predicted molar refractivity (Wildman–Crippen MR) is 74.8 cm³/mol. The number of rotatable bonds is 6. The highest BCUT2D eigenvalue weighted by molar-refractivity contribution is 6.32. The van der Waals surface area contributed by atoms with Crippen LogP contribution < -0.4 is 10.1 Å². The van der Waals surface area contributed by atoms with Crippen molar-refractivity contribution in [3.8, 4) is 5.75 Å². The molecule has 3 heteroatoms. The number of hydrogen-bond donors (Lipinski definition) is 1. The number of ether oxygens (including phenoxy) is 1. The van der Waals surface area contributed by atoms with Crippen molar-refractivity contribution >= 4 is 17.7 Å². The van der Waals surface area contributed by atoms with Crippen LogP contribution in [0.15, 0.2) is 23.8 Å². The van der Waals surface area contributed by atoms with E-state index in [9.17, 15) is 0 Å². The maximum atomic E-state index is 6.17. The Morgan fingerprint density at radius 2 is 2.24 bits per heavy atom. The molecule has 0 amide bonds. The average molecular weight is 254 g/mol. The van der Waals surface area contributed by atoms with Crippen molar-refractivity contribution in [2.45, 2.75) is 20.3 Å². The molecule has 2 nitrogen and oxygen atoms in total. The van der Waals surface area contributed by atoms with E-state index >= 15 is 0 Å². The van der Waals surface area contributed by atoms with Crippen LogP contribution in [-0.4, -0.2) is 20.2 Å². The van der Waals surface area contributed by atoms with E-state index in [0.29, 0.717) is 0 Å². The summed E-state index contributed by atoms with van der Waals surface area (Å²) in [4.78, 5) is 0. The van der Waals surface area contributed by atoms with Gasteiger partial charge in [0.15, 0.2) is 0 Å². The highest BCUT2D eigenvalue weighted by Crippen LogP contribution is 2.28. The van der Waals surface area contributed by atoms with Crippen molar-refractivity contribution in [1.82, 2.24) is 5.32 Å². The van der Waals surface area contributed by atoms with Crippen LogP contribution in [0.2, 0.25) is 5.02 Å². The van der Waals surface area contributed by atoms with Gasteiger partial charge in [0, 0.05) is 12.1 Å². The van der Waals surface area contributed by atoms with Gasteiger partial charge in [-0.25, -0.2) is 0 Å². The van der Waals surface area contributed by atoms with E-state index < -0.39 is 0 Å². The van der Waals surface area contributed by atoms with Crippen LogP contribution in [0.1, 0.15) is 25.8 Å². The average Bonchev–Trinajstić information content (AvgIpc) is 2.32. The fourth-order valence-electron chi connectivity index (χ4n) is 1.60. The molecular formula is C14H20ClNO. The van der Waals surface area contributed by atoms with Gasteiger partial charge in [-0.15, -0.1) is 0 Å². The van der Waals surface area contributed by atoms with E-state index in [-0.39, 0.29) is 0 Å². The molecule has 0 aromatic heterocycles. The molecule has 0 spiro atoms. The van der Waals surface area contributed by atoms with Crippen LogP contribution in [-0.2, 0) is 0 Å². The first-order valence-corrected chi connectivity index (χ1v) is 6.27. The van der Waals surface area contributed by atoms with Crippen molar-refractivity contribution < 1.29 is 4.74 Å². The third kappa shape index (κ3) is 4.41. The van der Waals surface area contributed by atoms with Crippen LogP contribution in [0.4, 0.5) is 0 Å². The van der Waals surface area contributed by atoms with E-state index in [1.54, 1.807) is 7.11 Å². The molecule has 0 aliphatic carbocycles. The Hall–Kier alpha value is -0.990. The molecule has 1 rings (SSSR count). The molecule has 94 valence electrons. The maximum Gasteiger partial charge on any atom is 0.127 e. The number of nitrogens with one attached hydrogen (secondary N) is 1. The Morgan fingerprint density at radius 3 is 2.88 bits per heavy atom. The Kier molecular flexibility index (Phi) is 6.09. The second-order valence-corrected chi connectivity index (χ2v) is 4.43. The minimum absolute atomic E-state index is 0.721. The first-order valence-electron chi connectivity index (χ1n) is 5.89.